The van der Waals surface area contributed by atoms with Crippen molar-refractivity contribution in [3.05, 3.63) is 70.6 Å². The van der Waals surface area contributed by atoms with Gasteiger partial charge in [-0.15, -0.1) is 11.3 Å². The first-order valence-corrected chi connectivity index (χ1v) is 8.61. The molecule has 114 valence electrons. The molecule has 0 radical (unpaired) electrons. The highest BCUT2D eigenvalue weighted by Gasteiger charge is 2.17. The van der Waals surface area contributed by atoms with Crippen molar-refractivity contribution >= 4 is 22.2 Å². The molecule has 0 unspecified atom stereocenters. The molecular weight excluding hydrogens is 302 g/mol. The van der Waals surface area contributed by atoms with Crippen molar-refractivity contribution in [2.45, 2.75) is 19.8 Å². The van der Waals surface area contributed by atoms with Crippen LogP contribution in [0.2, 0.25) is 0 Å². The number of aromatic nitrogens is 1. The maximum Gasteiger partial charge on any atom is 0.203 e. The predicted molar refractivity (Wildman–Crippen MR) is 97.2 cm³/mol. The van der Waals surface area contributed by atoms with Gasteiger partial charge in [0.15, 0.2) is 0 Å². The Morgan fingerprint density at radius 2 is 1.96 bits per heavy atom. The maximum atomic E-state index is 4.61. The smallest absolute Gasteiger partial charge is 0.203 e. The average Bonchev–Trinajstić information content (AvgIpc) is 3.20. The van der Waals surface area contributed by atoms with Crippen LogP contribution in [0, 0.1) is 6.92 Å². The second-order valence-electron chi connectivity index (χ2n) is 5.73. The highest BCUT2D eigenvalue weighted by Crippen LogP contribution is 2.26. The van der Waals surface area contributed by atoms with Crippen molar-refractivity contribution < 1.29 is 0 Å². The van der Waals surface area contributed by atoms with Crippen LogP contribution in [0.25, 0.3) is 11.3 Å². The lowest BCUT2D eigenvalue weighted by atomic mass is 10.1. The summed E-state index contributed by atoms with van der Waals surface area (Å²) >= 11 is 1.58. The summed E-state index contributed by atoms with van der Waals surface area (Å²) in [6.45, 7) is 2.13. The second-order valence-corrected chi connectivity index (χ2v) is 6.59. The molecular formula is C19H17N3S. The van der Waals surface area contributed by atoms with E-state index in [0.29, 0.717) is 0 Å². The lowest BCUT2D eigenvalue weighted by Gasteiger charge is -2.02. The Labute approximate surface area is 139 Å². The summed E-state index contributed by atoms with van der Waals surface area (Å²) in [5.41, 5.74) is 10.3. The Morgan fingerprint density at radius 3 is 2.83 bits per heavy atom. The highest BCUT2D eigenvalue weighted by atomic mass is 32.1. The van der Waals surface area contributed by atoms with Gasteiger partial charge in [-0.25, -0.2) is 4.98 Å². The van der Waals surface area contributed by atoms with Crippen LogP contribution in [-0.2, 0) is 6.42 Å². The van der Waals surface area contributed by atoms with Crippen LogP contribution < -0.4 is 5.43 Å². The third-order valence-electron chi connectivity index (χ3n) is 4.06. The minimum absolute atomic E-state index is 0.830. The number of hydrogen-bond donors (Lipinski definition) is 1. The van der Waals surface area contributed by atoms with E-state index < -0.39 is 0 Å². The predicted octanol–water partition coefficient (Wildman–Crippen LogP) is 4.88. The van der Waals surface area contributed by atoms with Gasteiger partial charge in [0.1, 0.15) is 0 Å². The van der Waals surface area contributed by atoms with Crippen LogP contribution in [0.4, 0.5) is 5.13 Å². The summed E-state index contributed by atoms with van der Waals surface area (Å²) in [6.07, 6.45) is 2.06. The number of aryl methyl sites for hydroxylation is 2. The molecule has 1 N–H and O–H groups in total. The molecule has 3 nitrogen and oxygen atoms in total. The zero-order valence-electron chi connectivity index (χ0n) is 12.9. The van der Waals surface area contributed by atoms with Crippen molar-refractivity contribution in [2.75, 3.05) is 5.43 Å². The van der Waals surface area contributed by atoms with Gasteiger partial charge in [-0.1, -0.05) is 54.1 Å². The van der Waals surface area contributed by atoms with Crippen LogP contribution in [0.15, 0.2) is 59.0 Å². The first-order chi connectivity index (χ1) is 11.3. The van der Waals surface area contributed by atoms with Crippen LogP contribution in [0.1, 0.15) is 23.1 Å². The highest BCUT2D eigenvalue weighted by molar-refractivity contribution is 7.14. The lowest BCUT2D eigenvalue weighted by molar-refractivity contribution is 1.08. The first kappa shape index (κ1) is 14.2. The molecule has 2 aromatic carbocycles. The standard InChI is InChI=1S/C19H17N3S/c1-13-7-9-16-15(11-13)8-10-17(16)21-22-19-20-18(12-23-19)14-5-3-2-4-6-14/h2-7,9,11-12H,8,10H2,1H3,(H,20,22)/b21-17+. The Balaban J connectivity index is 1.54. The van der Waals surface area contributed by atoms with Crippen LogP contribution >= 0.6 is 11.3 Å². The molecule has 3 aromatic rings. The minimum atomic E-state index is 0.830. The number of rotatable bonds is 3. The number of hydrogen-bond acceptors (Lipinski definition) is 4. The lowest BCUT2D eigenvalue weighted by Crippen LogP contribution is -1.99. The van der Waals surface area contributed by atoms with E-state index in [9.17, 15) is 0 Å². The molecule has 1 aliphatic rings. The van der Waals surface area contributed by atoms with Crippen molar-refractivity contribution in [2.24, 2.45) is 5.10 Å². The normalized spacial score (nSPS) is 14.9. The number of nitrogens with one attached hydrogen (secondary N) is 1. The molecule has 1 aromatic heterocycles. The zero-order chi connectivity index (χ0) is 15.6. The van der Waals surface area contributed by atoms with Gasteiger partial charge in [-0.3, -0.25) is 5.43 Å². The summed E-state index contributed by atoms with van der Waals surface area (Å²) in [7, 11) is 0. The topological polar surface area (TPSA) is 37.3 Å². The van der Waals surface area contributed by atoms with E-state index in [1.54, 1.807) is 11.3 Å². The molecule has 1 aliphatic carbocycles. The fourth-order valence-electron chi connectivity index (χ4n) is 2.90. The maximum absolute atomic E-state index is 4.61. The molecule has 0 saturated heterocycles. The molecule has 23 heavy (non-hydrogen) atoms. The fourth-order valence-corrected chi connectivity index (χ4v) is 3.56. The van der Waals surface area contributed by atoms with E-state index >= 15 is 0 Å². The molecule has 0 bridgehead atoms. The van der Waals surface area contributed by atoms with Gasteiger partial charge >= 0.3 is 0 Å². The molecule has 4 rings (SSSR count). The van der Waals surface area contributed by atoms with Crippen LogP contribution in [0.5, 0.6) is 0 Å². The third kappa shape index (κ3) is 2.90. The number of anilines is 1. The minimum Gasteiger partial charge on any atom is -0.252 e. The van der Waals surface area contributed by atoms with E-state index in [2.05, 4.69) is 58.1 Å². The number of hydrazone groups is 1. The second kappa shape index (κ2) is 5.97. The molecule has 0 spiro atoms. The van der Waals surface area contributed by atoms with Crippen molar-refractivity contribution in [1.29, 1.82) is 0 Å². The number of benzene rings is 2. The van der Waals surface area contributed by atoms with Gasteiger partial charge in [-0.2, -0.15) is 5.10 Å². The fraction of sp³-hybridized carbons (Fsp3) is 0.158. The van der Waals surface area contributed by atoms with Gasteiger partial charge in [0.2, 0.25) is 5.13 Å². The molecule has 0 aliphatic heterocycles. The summed E-state index contributed by atoms with van der Waals surface area (Å²) in [4.78, 5) is 4.61. The summed E-state index contributed by atoms with van der Waals surface area (Å²) in [6, 6.07) is 16.8. The average molecular weight is 319 g/mol. The van der Waals surface area contributed by atoms with Crippen molar-refractivity contribution in [3.63, 3.8) is 0 Å². The zero-order valence-corrected chi connectivity index (χ0v) is 13.7. The van der Waals surface area contributed by atoms with Crippen molar-refractivity contribution in [1.82, 2.24) is 4.98 Å². The number of fused-ring (bicyclic) bond motifs is 1. The van der Waals surface area contributed by atoms with Crippen molar-refractivity contribution in [3.8, 4) is 11.3 Å². The van der Waals surface area contributed by atoms with E-state index in [0.717, 1.165) is 34.9 Å². The molecule has 0 atom stereocenters. The quantitative estimate of drug-likeness (QED) is 0.699. The molecule has 1 heterocycles. The number of thiazole rings is 1. The molecule has 0 saturated carbocycles. The SMILES string of the molecule is Cc1ccc2c(c1)CC/C2=N\Nc1nc(-c2ccccc2)cs1. The Morgan fingerprint density at radius 1 is 1.09 bits per heavy atom. The van der Waals surface area contributed by atoms with Gasteiger partial charge in [0.25, 0.3) is 0 Å². The van der Waals surface area contributed by atoms with Gasteiger partial charge in [-0.05, 0) is 25.3 Å². The van der Waals surface area contributed by atoms with E-state index in [-0.39, 0.29) is 0 Å². The largest absolute Gasteiger partial charge is 0.252 e. The summed E-state index contributed by atoms with van der Waals surface area (Å²) in [5, 5.41) is 7.48. The van der Waals surface area contributed by atoms with E-state index in [4.69, 9.17) is 0 Å². The molecule has 0 amide bonds. The monoisotopic (exact) mass is 319 g/mol. The summed E-state index contributed by atoms with van der Waals surface area (Å²) in [5.74, 6) is 0. The van der Waals surface area contributed by atoms with Crippen LogP contribution in [0.3, 0.4) is 0 Å². The molecule has 0 fully saturated rings. The third-order valence-corrected chi connectivity index (χ3v) is 4.81. The number of nitrogens with zero attached hydrogens (tertiary/aromatic N) is 2. The Bertz CT molecular complexity index is 865. The van der Waals surface area contributed by atoms with Gasteiger partial charge < -0.3 is 0 Å². The van der Waals surface area contributed by atoms with Crippen LogP contribution in [-0.4, -0.2) is 10.7 Å². The Hall–Kier alpha value is -2.46. The van der Waals surface area contributed by atoms with Gasteiger partial charge in [0, 0.05) is 16.5 Å². The first-order valence-electron chi connectivity index (χ1n) is 7.73. The van der Waals surface area contributed by atoms with Gasteiger partial charge in [0.05, 0.1) is 11.4 Å². The Kier molecular flexibility index (Phi) is 3.67. The summed E-state index contributed by atoms with van der Waals surface area (Å²) < 4.78 is 0. The molecule has 4 heteroatoms. The van der Waals surface area contributed by atoms with E-state index in [1.165, 1.54) is 16.7 Å². The van der Waals surface area contributed by atoms with E-state index in [1.807, 2.05) is 18.2 Å².